The van der Waals surface area contributed by atoms with Crippen molar-refractivity contribution in [2.75, 3.05) is 52.4 Å². The van der Waals surface area contributed by atoms with Crippen LogP contribution in [0.5, 0.6) is 0 Å². The molecule has 330 valence electrons. The number of carbonyl (C=O) groups is 2. The van der Waals surface area contributed by atoms with Crippen molar-refractivity contribution in [2.45, 2.75) is 195 Å². The molecule has 0 aliphatic rings. The maximum absolute atomic E-state index is 13.0. The summed E-state index contributed by atoms with van der Waals surface area (Å²) in [7, 11) is 0. The van der Waals surface area contributed by atoms with E-state index >= 15 is 0 Å². The monoisotopic (exact) mass is 803 g/mol. The van der Waals surface area contributed by atoms with Crippen molar-refractivity contribution in [1.82, 2.24) is 20.4 Å². The summed E-state index contributed by atoms with van der Waals surface area (Å²) in [5.41, 5.74) is 3.46. The minimum atomic E-state index is -0.00935. The molecular formula is C52H90N4O2. The third-order valence-corrected chi connectivity index (χ3v) is 11.8. The second kappa shape index (κ2) is 36.2. The Kier molecular flexibility index (Phi) is 32.1. The molecule has 2 aromatic carbocycles. The SMILES string of the molecule is CCCCCCCCN(CCCCCCCC)CCCNC(=O)c1ccc(-c2ccc(C(=O)NCCCN(CCCCCCCC)CCCCCCCC)cc2)cc1. The van der Waals surface area contributed by atoms with Gasteiger partial charge in [-0.25, -0.2) is 0 Å². The average Bonchev–Trinajstić information content (AvgIpc) is 3.25. The van der Waals surface area contributed by atoms with Crippen LogP contribution in [0.4, 0.5) is 0 Å². The molecule has 6 heteroatoms. The summed E-state index contributed by atoms with van der Waals surface area (Å²) < 4.78 is 0. The lowest BCUT2D eigenvalue weighted by atomic mass is 10.0. The lowest BCUT2D eigenvalue weighted by Crippen LogP contribution is -2.31. The summed E-state index contributed by atoms with van der Waals surface area (Å²) in [6.07, 6.45) is 33.9. The number of nitrogens with one attached hydrogen (secondary N) is 2. The first kappa shape index (κ1) is 51.4. The van der Waals surface area contributed by atoms with Crippen molar-refractivity contribution in [2.24, 2.45) is 0 Å². The maximum Gasteiger partial charge on any atom is 0.251 e. The highest BCUT2D eigenvalue weighted by Crippen LogP contribution is 2.21. The van der Waals surface area contributed by atoms with E-state index in [4.69, 9.17) is 0 Å². The maximum atomic E-state index is 13.0. The lowest BCUT2D eigenvalue weighted by molar-refractivity contribution is 0.0943. The van der Waals surface area contributed by atoms with E-state index in [0.717, 1.165) is 37.1 Å². The van der Waals surface area contributed by atoms with E-state index in [-0.39, 0.29) is 11.8 Å². The number of nitrogens with zero attached hydrogens (tertiary/aromatic N) is 2. The van der Waals surface area contributed by atoms with Crippen LogP contribution in [0.15, 0.2) is 48.5 Å². The Morgan fingerprint density at radius 2 is 0.586 bits per heavy atom. The Bertz CT molecular complexity index is 1120. The van der Waals surface area contributed by atoms with Gasteiger partial charge in [0.2, 0.25) is 0 Å². The standard InChI is InChI=1S/C52H90N4O2/c1-5-9-13-17-21-25-41-55(42-26-22-18-14-10-6-2)45-29-39-53-51(57)49-35-31-47(32-36-49)48-33-37-50(38-34-48)52(58)54-40-30-46-56(43-27-23-19-15-11-7-3)44-28-24-20-16-12-8-4/h31-38H,5-30,39-46H2,1-4H3,(H,53,57)(H,54,58). The Labute approximate surface area is 358 Å². The van der Waals surface area contributed by atoms with Crippen LogP contribution in [0.25, 0.3) is 11.1 Å². The van der Waals surface area contributed by atoms with Gasteiger partial charge in [-0.15, -0.1) is 0 Å². The molecular weight excluding hydrogens is 713 g/mol. The Morgan fingerprint density at radius 3 is 0.862 bits per heavy atom. The van der Waals surface area contributed by atoms with Crippen molar-refractivity contribution >= 4 is 11.8 Å². The molecule has 0 radical (unpaired) electrons. The minimum Gasteiger partial charge on any atom is -0.352 e. The quantitative estimate of drug-likeness (QED) is 0.0661. The van der Waals surface area contributed by atoms with Crippen molar-refractivity contribution in [3.8, 4) is 11.1 Å². The van der Waals surface area contributed by atoms with Crippen molar-refractivity contribution in [3.63, 3.8) is 0 Å². The fourth-order valence-electron chi connectivity index (χ4n) is 7.98. The van der Waals surface area contributed by atoms with Crippen LogP contribution in [0.2, 0.25) is 0 Å². The van der Waals surface area contributed by atoms with Crippen LogP contribution in [-0.4, -0.2) is 74.0 Å². The van der Waals surface area contributed by atoms with E-state index in [9.17, 15) is 9.59 Å². The zero-order valence-electron chi connectivity index (χ0n) is 38.4. The van der Waals surface area contributed by atoms with E-state index in [1.165, 1.54) is 180 Å². The molecule has 2 N–H and O–H groups in total. The zero-order valence-corrected chi connectivity index (χ0v) is 38.4. The van der Waals surface area contributed by atoms with Gasteiger partial charge in [-0.3, -0.25) is 9.59 Å². The Morgan fingerprint density at radius 1 is 0.345 bits per heavy atom. The van der Waals surface area contributed by atoms with Crippen LogP contribution in [0, 0.1) is 0 Å². The molecule has 0 fully saturated rings. The molecule has 0 unspecified atom stereocenters. The number of rotatable bonds is 39. The molecule has 0 atom stereocenters. The smallest absolute Gasteiger partial charge is 0.251 e. The number of hydrogen-bond donors (Lipinski definition) is 2. The van der Waals surface area contributed by atoms with E-state index < -0.39 is 0 Å². The molecule has 0 aliphatic carbocycles. The van der Waals surface area contributed by atoms with E-state index in [0.29, 0.717) is 24.2 Å². The predicted molar refractivity (Wildman–Crippen MR) is 252 cm³/mol. The van der Waals surface area contributed by atoms with Gasteiger partial charge in [-0.05, 0) is 113 Å². The average molecular weight is 803 g/mol. The minimum absolute atomic E-state index is 0.00935. The topological polar surface area (TPSA) is 64.7 Å². The molecule has 6 nitrogen and oxygen atoms in total. The molecule has 0 spiro atoms. The van der Waals surface area contributed by atoms with Gasteiger partial charge in [0.1, 0.15) is 0 Å². The molecule has 0 saturated carbocycles. The highest BCUT2D eigenvalue weighted by Gasteiger charge is 2.11. The number of carbonyl (C=O) groups excluding carboxylic acids is 2. The van der Waals surface area contributed by atoms with Crippen molar-refractivity contribution in [3.05, 3.63) is 59.7 Å². The van der Waals surface area contributed by atoms with Gasteiger partial charge in [-0.2, -0.15) is 0 Å². The molecule has 2 rings (SSSR count). The summed E-state index contributed by atoms with van der Waals surface area (Å²) in [4.78, 5) is 31.3. The third-order valence-electron chi connectivity index (χ3n) is 11.8. The Hall–Kier alpha value is -2.70. The van der Waals surface area contributed by atoms with Gasteiger partial charge in [-0.1, -0.05) is 180 Å². The zero-order chi connectivity index (χ0) is 41.7. The molecule has 0 saturated heterocycles. The molecule has 0 bridgehead atoms. The van der Waals surface area contributed by atoms with Gasteiger partial charge in [0.05, 0.1) is 0 Å². The highest BCUT2D eigenvalue weighted by atomic mass is 16.2. The predicted octanol–water partition coefficient (Wildman–Crippen LogP) is 13.6. The van der Waals surface area contributed by atoms with E-state index in [1.807, 2.05) is 48.5 Å². The van der Waals surface area contributed by atoms with Crippen LogP contribution >= 0.6 is 0 Å². The summed E-state index contributed by atoms with van der Waals surface area (Å²) in [5, 5.41) is 6.33. The van der Waals surface area contributed by atoms with E-state index in [1.54, 1.807) is 0 Å². The molecule has 0 aliphatic heterocycles. The summed E-state index contributed by atoms with van der Waals surface area (Å²) in [6, 6.07) is 15.7. The fraction of sp³-hybridized carbons (Fsp3) is 0.731. The van der Waals surface area contributed by atoms with Crippen molar-refractivity contribution < 1.29 is 9.59 Å². The van der Waals surface area contributed by atoms with Crippen LogP contribution in [0.3, 0.4) is 0 Å². The van der Waals surface area contributed by atoms with Gasteiger partial charge in [0, 0.05) is 24.2 Å². The fourth-order valence-corrected chi connectivity index (χ4v) is 7.98. The van der Waals surface area contributed by atoms with Gasteiger partial charge >= 0.3 is 0 Å². The Balaban J connectivity index is 1.75. The van der Waals surface area contributed by atoms with Crippen LogP contribution in [0.1, 0.15) is 215 Å². The van der Waals surface area contributed by atoms with Crippen LogP contribution in [-0.2, 0) is 0 Å². The van der Waals surface area contributed by atoms with E-state index in [2.05, 4.69) is 48.1 Å². The first-order chi connectivity index (χ1) is 28.5. The number of amides is 2. The van der Waals surface area contributed by atoms with Gasteiger partial charge < -0.3 is 20.4 Å². The second-order valence-electron chi connectivity index (χ2n) is 17.1. The third kappa shape index (κ3) is 25.7. The summed E-state index contributed by atoms with van der Waals surface area (Å²) in [5.74, 6) is -0.0187. The molecule has 2 aromatic rings. The lowest BCUT2D eigenvalue weighted by Gasteiger charge is -2.22. The summed E-state index contributed by atoms with van der Waals surface area (Å²) in [6.45, 7) is 17.3. The second-order valence-corrected chi connectivity index (χ2v) is 17.1. The first-order valence-corrected chi connectivity index (χ1v) is 24.7. The summed E-state index contributed by atoms with van der Waals surface area (Å²) >= 11 is 0. The molecule has 0 heterocycles. The molecule has 0 aromatic heterocycles. The molecule has 58 heavy (non-hydrogen) atoms. The normalized spacial score (nSPS) is 11.5. The molecule has 2 amide bonds. The van der Waals surface area contributed by atoms with Gasteiger partial charge in [0.25, 0.3) is 11.8 Å². The van der Waals surface area contributed by atoms with Gasteiger partial charge in [0.15, 0.2) is 0 Å². The van der Waals surface area contributed by atoms with Crippen molar-refractivity contribution in [1.29, 1.82) is 0 Å². The number of benzene rings is 2. The number of hydrogen-bond acceptors (Lipinski definition) is 4. The number of unbranched alkanes of at least 4 members (excludes halogenated alkanes) is 20. The van der Waals surface area contributed by atoms with Crippen LogP contribution < -0.4 is 10.6 Å². The highest BCUT2D eigenvalue weighted by molar-refractivity contribution is 5.95. The first-order valence-electron chi connectivity index (χ1n) is 24.7. The largest absolute Gasteiger partial charge is 0.352 e.